The first-order chi connectivity index (χ1) is 22.8. The van der Waals surface area contributed by atoms with E-state index in [2.05, 4.69) is 181 Å². The van der Waals surface area contributed by atoms with Crippen molar-refractivity contribution in [2.75, 3.05) is 4.90 Å². The lowest BCUT2D eigenvalue weighted by molar-refractivity contribution is 1.32. The largest absolute Gasteiger partial charge is 0.309 e. The summed E-state index contributed by atoms with van der Waals surface area (Å²) >= 11 is 1.90. The van der Waals surface area contributed by atoms with Crippen LogP contribution in [0.25, 0.3) is 64.0 Å². The zero-order valence-electron chi connectivity index (χ0n) is 25.1. The van der Waals surface area contributed by atoms with Crippen LogP contribution in [0.15, 0.2) is 176 Å². The fourth-order valence-corrected chi connectivity index (χ4v) is 8.24. The molecule has 0 saturated heterocycles. The number of anilines is 3. The summed E-state index contributed by atoms with van der Waals surface area (Å²) in [7, 11) is 0. The fraction of sp³-hybridized carbons (Fsp3) is 0. The Labute approximate surface area is 272 Å². The third-order valence-corrected chi connectivity index (χ3v) is 10.2. The van der Waals surface area contributed by atoms with E-state index in [9.17, 15) is 0 Å². The molecular weight excluding hydrogens is 575 g/mol. The topological polar surface area (TPSA) is 3.24 Å². The molecule has 0 aliphatic rings. The van der Waals surface area contributed by atoms with Crippen LogP contribution in [0.3, 0.4) is 0 Å². The van der Waals surface area contributed by atoms with Crippen LogP contribution in [-0.2, 0) is 0 Å². The second-order valence-corrected chi connectivity index (χ2v) is 12.7. The van der Waals surface area contributed by atoms with Crippen LogP contribution < -0.4 is 4.90 Å². The summed E-state index contributed by atoms with van der Waals surface area (Å²) < 4.78 is 2.63. The molecule has 0 aliphatic carbocycles. The summed E-state index contributed by atoms with van der Waals surface area (Å²) in [6.45, 7) is 0. The predicted octanol–water partition coefficient (Wildman–Crippen LogP) is 13.2. The molecule has 0 aliphatic heterocycles. The van der Waals surface area contributed by atoms with Gasteiger partial charge in [0.25, 0.3) is 0 Å². The highest BCUT2D eigenvalue weighted by atomic mass is 32.1. The van der Waals surface area contributed by atoms with E-state index in [1.54, 1.807) is 0 Å². The van der Waals surface area contributed by atoms with Gasteiger partial charge in [-0.2, -0.15) is 0 Å². The van der Waals surface area contributed by atoms with E-state index in [-0.39, 0.29) is 0 Å². The molecule has 0 atom stereocenters. The van der Waals surface area contributed by atoms with Gasteiger partial charge in [0.2, 0.25) is 0 Å². The zero-order chi connectivity index (χ0) is 30.5. The minimum atomic E-state index is 1.15. The van der Waals surface area contributed by atoms with Crippen molar-refractivity contribution in [2.24, 2.45) is 0 Å². The van der Waals surface area contributed by atoms with Crippen LogP contribution in [0.2, 0.25) is 0 Å². The Kier molecular flexibility index (Phi) is 6.40. The minimum Gasteiger partial charge on any atom is -0.309 e. The monoisotopic (exact) mass is 603 g/mol. The van der Waals surface area contributed by atoms with Gasteiger partial charge >= 0.3 is 0 Å². The number of nitrogens with zero attached hydrogens (tertiary/aromatic N) is 1. The Balaban J connectivity index is 1.43. The Hall–Kier alpha value is -5.70. The molecule has 0 bridgehead atoms. The lowest BCUT2D eigenvalue weighted by Gasteiger charge is -2.30. The zero-order valence-corrected chi connectivity index (χ0v) is 25.9. The van der Waals surface area contributed by atoms with Gasteiger partial charge in [-0.25, -0.2) is 0 Å². The number of benzene rings is 8. The van der Waals surface area contributed by atoms with Gasteiger partial charge in [0.05, 0.1) is 17.1 Å². The maximum Gasteiger partial charge on any atom is 0.0547 e. The van der Waals surface area contributed by atoms with E-state index in [0.717, 1.165) is 11.4 Å². The van der Waals surface area contributed by atoms with E-state index < -0.39 is 0 Å². The van der Waals surface area contributed by atoms with Gasteiger partial charge in [0.1, 0.15) is 0 Å². The number of fused-ring (bicyclic) bond motifs is 6. The normalized spacial score (nSPS) is 11.5. The van der Waals surface area contributed by atoms with Gasteiger partial charge < -0.3 is 4.90 Å². The highest BCUT2D eigenvalue weighted by Crippen LogP contribution is 2.50. The van der Waals surface area contributed by atoms with Gasteiger partial charge in [-0.05, 0) is 46.3 Å². The molecule has 46 heavy (non-hydrogen) atoms. The van der Waals surface area contributed by atoms with Crippen LogP contribution in [-0.4, -0.2) is 0 Å². The van der Waals surface area contributed by atoms with Crippen molar-refractivity contribution in [1.29, 1.82) is 0 Å². The first kappa shape index (κ1) is 26.7. The Bertz CT molecular complexity index is 2520. The number of thiophene rings is 1. The van der Waals surface area contributed by atoms with Crippen molar-refractivity contribution in [3.8, 4) is 22.3 Å². The smallest absolute Gasteiger partial charge is 0.0547 e. The maximum atomic E-state index is 2.50. The molecule has 0 spiro atoms. The highest BCUT2D eigenvalue weighted by Gasteiger charge is 2.23. The molecule has 9 aromatic rings. The second-order valence-electron chi connectivity index (χ2n) is 11.7. The first-order valence-electron chi connectivity index (χ1n) is 15.7. The summed E-state index contributed by atoms with van der Waals surface area (Å²) in [5.41, 5.74) is 8.38. The molecule has 0 saturated carbocycles. The highest BCUT2D eigenvalue weighted by molar-refractivity contribution is 7.26. The quantitative estimate of drug-likeness (QED) is 0.189. The Morgan fingerprint density at radius 3 is 1.74 bits per heavy atom. The summed E-state index contributed by atoms with van der Waals surface area (Å²) in [4.78, 5) is 2.50. The van der Waals surface area contributed by atoms with Crippen LogP contribution in [0, 0.1) is 0 Å². The van der Waals surface area contributed by atoms with Crippen LogP contribution in [0.1, 0.15) is 0 Å². The lowest BCUT2D eigenvalue weighted by Crippen LogP contribution is -2.12. The van der Waals surface area contributed by atoms with Gasteiger partial charge in [-0.3, -0.25) is 0 Å². The molecule has 1 heterocycles. The summed E-state index contributed by atoms with van der Waals surface area (Å²) in [5.74, 6) is 0. The molecule has 0 radical (unpaired) electrons. The first-order valence-corrected chi connectivity index (χ1v) is 16.5. The number of hydrogen-bond donors (Lipinski definition) is 0. The van der Waals surface area contributed by atoms with Crippen molar-refractivity contribution in [3.05, 3.63) is 176 Å². The molecule has 0 fully saturated rings. The van der Waals surface area contributed by atoms with Crippen LogP contribution in [0.5, 0.6) is 0 Å². The minimum absolute atomic E-state index is 1.15. The van der Waals surface area contributed by atoms with Crippen molar-refractivity contribution in [1.82, 2.24) is 0 Å². The van der Waals surface area contributed by atoms with E-state index in [0.29, 0.717) is 0 Å². The molecule has 8 aromatic carbocycles. The Morgan fingerprint density at radius 1 is 0.370 bits per heavy atom. The average Bonchev–Trinajstić information content (AvgIpc) is 3.52. The molecule has 0 unspecified atom stereocenters. The second kappa shape index (κ2) is 11.0. The molecule has 0 N–H and O–H groups in total. The van der Waals surface area contributed by atoms with Gasteiger partial charge in [0, 0.05) is 41.9 Å². The van der Waals surface area contributed by atoms with Crippen molar-refractivity contribution in [3.63, 3.8) is 0 Å². The van der Waals surface area contributed by atoms with Crippen LogP contribution in [0.4, 0.5) is 17.1 Å². The third-order valence-electron chi connectivity index (χ3n) is 9.04. The van der Waals surface area contributed by atoms with E-state index in [1.165, 1.54) is 69.7 Å². The molecule has 1 aromatic heterocycles. The number of rotatable bonds is 5. The van der Waals surface area contributed by atoms with Crippen molar-refractivity contribution in [2.45, 2.75) is 0 Å². The van der Waals surface area contributed by atoms with Crippen molar-refractivity contribution < 1.29 is 0 Å². The molecule has 2 heteroatoms. The molecule has 1 nitrogen and oxygen atoms in total. The number of para-hydroxylation sites is 1. The van der Waals surface area contributed by atoms with E-state index in [1.807, 2.05) is 11.3 Å². The summed E-state index contributed by atoms with van der Waals surface area (Å²) in [5, 5.41) is 7.55. The predicted molar refractivity (Wildman–Crippen MR) is 200 cm³/mol. The number of hydrogen-bond acceptors (Lipinski definition) is 2. The summed E-state index contributed by atoms with van der Waals surface area (Å²) in [6.07, 6.45) is 0. The van der Waals surface area contributed by atoms with Gasteiger partial charge in [-0.15, -0.1) is 11.3 Å². The lowest BCUT2D eigenvalue weighted by atomic mass is 9.96. The van der Waals surface area contributed by atoms with E-state index in [4.69, 9.17) is 0 Å². The van der Waals surface area contributed by atoms with Crippen LogP contribution >= 0.6 is 11.3 Å². The molecule has 216 valence electrons. The Morgan fingerprint density at radius 2 is 0.935 bits per heavy atom. The fourth-order valence-electron chi connectivity index (χ4n) is 7.00. The summed E-state index contributed by atoms with van der Waals surface area (Å²) in [6, 6.07) is 63.9. The SMILES string of the molecule is c1ccc(-c2ccccc2N(c2cccc3ccccc23)c2cc3c(sc4cccc(-c5ccccc5)c43)c3ccccc23)cc1. The third kappa shape index (κ3) is 4.30. The van der Waals surface area contributed by atoms with Crippen molar-refractivity contribution >= 4 is 70.1 Å². The maximum absolute atomic E-state index is 2.50. The van der Waals surface area contributed by atoms with Gasteiger partial charge in [0.15, 0.2) is 0 Å². The average molecular weight is 604 g/mol. The molecule has 0 amide bonds. The van der Waals surface area contributed by atoms with Gasteiger partial charge in [-0.1, -0.05) is 152 Å². The molecular formula is C44H29NS. The molecule has 9 rings (SSSR count). The van der Waals surface area contributed by atoms with E-state index >= 15 is 0 Å². The standard InChI is InChI=1S/C44H29NS/c1-3-15-30(16-4-1)33-22-11-12-26-39(33)45(40-27-13-20-31-19-7-8-21-34(31)40)41-29-38-43-35(32-17-5-2-6-18-32)25-14-28-42(43)46-44(38)37-24-10-9-23-36(37)41/h1-29H.